The fourth-order valence-electron chi connectivity index (χ4n) is 1.56. The molecule has 0 aliphatic heterocycles. The van der Waals surface area contributed by atoms with Crippen LogP contribution in [0.15, 0.2) is 28.7 Å². The van der Waals surface area contributed by atoms with Crippen molar-refractivity contribution >= 4 is 44.8 Å². The largest absolute Gasteiger partial charge is 0.397 e. The maximum Gasteiger partial charge on any atom is 0.125 e. The van der Waals surface area contributed by atoms with Crippen LogP contribution in [0.1, 0.15) is 0 Å². The van der Waals surface area contributed by atoms with Crippen LogP contribution in [0.4, 0.5) is 14.5 Å². The predicted octanol–water partition coefficient (Wildman–Crippen LogP) is 5.28. The van der Waals surface area contributed by atoms with Crippen molar-refractivity contribution in [3.8, 4) is 11.1 Å². The molecule has 94 valence electrons. The smallest absolute Gasteiger partial charge is 0.125 e. The second kappa shape index (κ2) is 5.03. The van der Waals surface area contributed by atoms with Gasteiger partial charge in [-0.3, -0.25) is 0 Å². The lowest BCUT2D eigenvalue weighted by Crippen LogP contribution is -1.93. The van der Waals surface area contributed by atoms with E-state index in [1.165, 1.54) is 12.1 Å². The van der Waals surface area contributed by atoms with E-state index in [2.05, 4.69) is 15.9 Å². The topological polar surface area (TPSA) is 26.0 Å². The van der Waals surface area contributed by atoms with E-state index in [0.29, 0.717) is 4.47 Å². The third-order valence-electron chi connectivity index (χ3n) is 2.35. The summed E-state index contributed by atoms with van der Waals surface area (Å²) in [5.74, 6) is -1.08. The Balaban J connectivity index is 2.77. The summed E-state index contributed by atoms with van der Waals surface area (Å²) >= 11 is 15.1. The van der Waals surface area contributed by atoms with Gasteiger partial charge in [-0.25, -0.2) is 8.78 Å². The highest BCUT2D eigenvalue weighted by Gasteiger charge is 2.15. The first-order valence-corrected chi connectivity index (χ1v) is 6.34. The summed E-state index contributed by atoms with van der Waals surface area (Å²) in [5, 5.41) is 0.374. The van der Waals surface area contributed by atoms with E-state index >= 15 is 0 Å². The molecule has 0 radical (unpaired) electrons. The maximum absolute atomic E-state index is 13.4. The minimum absolute atomic E-state index is 0.0723. The van der Waals surface area contributed by atoms with Gasteiger partial charge >= 0.3 is 0 Å². The minimum atomic E-state index is -0.566. The molecule has 2 N–H and O–H groups in total. The van der Waals surface area contributed by atoms with Crippen molar-refractivity contribution in [3.63, 3.8) is 0 Å². The molecule has 0 fully saturated rings. The SMILES string of the molecule is Nc1cc(F)cc(-c2cc(F)cc(Br)c2Cl)c1Cl. The molecular weight excluding hydrogens is 347 g/mol. The molecule has 0 unspecified atom stereocenters. The Bertz CT molecular complexity index is 576. The molecule has 0 saturated carbocycles. The van der Waals surface area contributed by atoms with E-state index in [4.69, 9.17) is 28.9 Å². The minimum Gasteiger partial charge on any atom is -0.397 e. The Morgan fingerprint density at radius 1 is 0.889 bits per heavy atom. The molecule has 2 aromatic carbocycles. The van der Waals surface area contributed by atoms with Crippen molar-refractivity contribution in [2.24, 2.45) is 0 Å². The van der Waals surface area contributed by atoms with Crippen molar-refractivity contribution in [1.82, 2.24) is 0 Å². The fraction of sp³-hybridized carbons (Fsp3) is 0. The Labute approximate surface area is 121 Å². The maximum atomic E-state index is 13.4. The van der Waals surface area contributed by atoms with Crippen molar-refractivity contribution in [2.45, 2.75) is 0 Å². The predicted molar refractivity (Wildman–Crippen MR) is 73.9 cm³/mol. The average Bonchev–Trinajstić information content (AvgIpc) is 2.28. The molecule has 0 spiro atoms. The Hall–Kier alpha value is -0.840. The van der Waals surface area contributed by atoms with Gasteiger partial charge in [-0.15, -0.1) is 0 Å². The van der Waals surface area contributed by atoms with Crippen LogP contribution >= 0.6 is 39.1 Å². The summed E-state index contributed by atoms with van der Waals surface area (Å²) in [6.45, 7) is 0. The second-order valence-electron chi connectivity index (χ2n) is 3.61. The Kier molecular flexibility index (Phi) is 3.80. The van der Waals surface area contributed by atoms with Crippen molar-refractivity contribution in [3.05, 3.63) is 50.4 Å². The summed E-state index contributed by atoms with van der Waals surface area (Å²) in [7, 11) is 0. The molecule has 0 aliphatic carbocycles. The lowest BCUT2D eigenvalue weighted by molar-refractivity contribution is 0.625. The van der Waals surface area contributed by atoms with Crippen LogP contribution in [-0.4, -0.2) is 0 Å². The lowest BCUT2D eigenvalue weighted by atomic mass is 10.0. The van der Waals surface area contributed by atoms with E-state index < -0.39 is 11.6 Å². The van der Waals surface area contributed by atoms with Gasteiger partial charge in [0, 0.05) is 15.6 Å². The summed E-state index contributed by atoms with van der Waals surface area (Å²) in [6.07, 6.45) is 0. The Morgan fingerprint density at radius 2 is 1.39 bits per heavy atom. The van der Waals surface area contributed by atoms with E-state index in [0.717, 1.165) is 12.1 Å². The van der Waals surface area contributed by atoms with Crippen LogP contribution < -0.4 is 5.73 Å². The van der Waals surface area contributed by atoms with Gasteiger partial charge in [0.1, 0.15) is 11.6 Å². The first-order chi connectivity index (χ1) is 8.40. The van der Waals surface area contributed by atoms with Gasteiger partial charge < -0.3 is 5.73 Å². The van der Waals surface area contributed by atoms with E-state index in [1.54, 1.807) is 0 Å². The van der Waals surface area contributed by atoms with Crippen LogP contribution in [0.3, 0.4) is 0 Å². The van der Waals surface area contributed by atoms with E-state index in [9.17, 15) is 8.78 Å². The van der Waals surface area contributed by atoms with Crippen molar-refractivity contribution in [1.29, 1.82) is 0 Å². The standard InChI is InChI=1S/C12H6BrCl2F2N/c13-9-3-5(16)1-7(11(9)14)8-2-6(17)4-10(18)12(8)15/h1-4H,18H2. The van der Waals surface area contributed by atoms with E-state index in [-0.39, 0.29) is 26.9 Å². The van der Waals surface area contributed by atoms with Crippen LogP contribution in [0.5, 0.6) is 0 Å². The molecular formula is C12H6BrCl2F2N. The molecule has 0 heterocycles. The molecule has 2 aromatic rings. The molecule has 0 saturated heterocycles. The van der Waals surface area contributed by atoms with Gasteiger partial charge in [-0.05, 0) is 40.2 Å². The fourth-order valence-corrected chi connectivity index (χ4v) is 2.41. The normalized spacial score (nSPS) is 10.7. The summed E-state index contributed by atoms with van der Waals surface area (Å²) < 4.78 is 27.1. The lowest BCUT2D eigenvalue weighted by Gasteiger charge is -2.10. The molecule has 0 aliphatic rings. The average molecular weight is 353 g/mol. The number of halogens is 5. The second-order valence-corrected chi connectivity index (χ2v) is 5.22. The van der Waals surface area contributed by atoms with E-state index in [1.807, 2.05) is 0 Å². The molecule has 1 nitrogen and oxygen atoms in total. The number of anilines is 1. The molecule has 0 amide bonds. The van der Waals surface area contributed by atoms with Gasteiger partial charge in [0.25, 0.3) is 0 Å². The number of rotatable bonds is 1. The summed E-state index contributed by atoms with van der Waals surface area (Å²) in [4.78, 5) is 0. The quantitative estimate of drug-likeness (QED) is 0.548. The number of nitrogen functional groups attached to an aromatic ring is 1. The van der Waals surface area contributed by atoms with Gasteiger partial charge in [-0.1, -0.05) is 23.2 Å². The van der Waals surface area contributed by atoms with Crippen LogP contribution in [0.25, 0.3) is 11.1 Å². The third kappa shape index (κ3) is 2.46. The molecule has 0 aromatic heterocycles. The van der Waals surface area contributed by atoms with Gasteiger partial charge in [-0.2, -0.15) is 0 Å². The summed E-state index contributed by atoms with van der Waals surface area (Å²) in [6, 6.07) is 4.63. The molecule has 18 heavy (non-hydrogen) atoms. The number of benzene rings is 2. The molecule has 6 heteroatoms. The molecule has 2 rings (SSSR count). The highest BCUT2D eigenvalue weighted by atomic mass is 79.9. The number of nitrogens with two attached hydrogens (primary N) is 1. The van der Waals surface area contributed by atoms with Crippen LogP contribution in [0, 0.1) is 11.6 Å². The first-order valence-electron chi connectivity index (χ1n) is 4.79. The zero-order valence-electron chi connectivity index (χ0n) is 8.78. The van der Waals surface area contributed by atoms with Gasteiger partial charge in [0.05, 0.1) is 15.7 Å². The first kappa shape index (κ1) is 13.6. The zero-order chi connectivity index (χ0) is 13.4. The number of hydrogen-bond acceptors (Lipinski definition) is 1. The van der Waals surface area contributed by atoms with Gasteiger partial charge in [0.2, 0.25) is 0 Å². The monoisotopic (exact) mass is 351 g/mol. The highest BCUT2D eigenvalue weighted by Crippen LogP contribution is 2.40. The van der Waals surface area contributed by atoms with Crippen LogP contribution in [-0.2, 0) is 0 Å². The van der Waals surface area contributed by atoms with Crippen molar-refractivity contribution in [2.75, 3.05) is 5.73 Å². The number of hydrogen-bond donors (Lipinski definition) is 1. The Morgan fingerprint density at radius 3 is 2.00 bits per heavy atom. The summed E-state index contributed by atoms with van der Waals surface area (Å²) in [5.41, 5.74) is 6.16. The molecule has 0 bridgehead atoms. The highest BCUT2D eigenvalue weighted by molar-refractivity contribution is 9.10. The van der Waals surface area contributed by atoms with Gasteiger partial charge in [0.15, 0.2) is 0 Å². The third-order valence-corrected chi connectivity index (χ3v) is 4.03. The van der Waals surface area contributed by atoms with Crippen molar-refractivity contribution < 1.29 is 8.78 Å². The zero-order valence-corrected chi connectivity index (χ0v) is 11.9. The van der Waals surface area contributed by atoms with Crippen LogP contribution in [0.2, 0.25) is 10.0 Å². The molecule has 0 atom stereocenters.